The first-order valence-electron chi connectivity index (χ1n) is 6.62. The number of alkyl halides is 2. The van der Waals surface area contributed by atoms with Gasteiger partial charge in [0, 0.05) is 11.4 Å². The number of hydrogen-bond acceptors (Lipinski definition) is 1. The van der Waals surface area contributed by atoms with E-state index in [1.54, 1.807) is 11.8 Å². The van der Waals surface area contributed by atoms with Crippen molar-refractivity contribution < 1.29 is 8.78 Å². The zero-order valence-electron chi connectivity index (χ0n) is 11.1. The molecule has 0 bridgehead atoms. The van der Waals surface area contributed by atoms with Gasteiger partial charge in [0.15, 0.2) is 0 Å². The van der Waals surface area contributed by atoms with Crippen molar-refractivity contribution in [2.45, 2.75) is 19.4 Å². The van der Waals surface area contributed by atoms with E-state index in [1.165, 1.54) is 0 Å². The molecule has 0 aliphatic carbocycles. The lowest BCUT2D eigenvalue weighted by Crippen LogP contribution is -2.35. The van der Waals surface area contributed by atoms with Crippen LogP contribution in [0, 0.1) is 0 Å². The van der Waals surface area contributed by atoms with Crippen molar-refractivity contribution in [1.29, 1.82) is 0 Å². The first-order valence-corrected chi connectivity index (χ1v) is 6.62. The molecule has 0 saturated carbocycles. The predicted molar refractivity (Wildman–Crippen MR) is 79.4 cm³/mol. The summed E-state index contributed by atoms with van der Waals surface area (Å²) in [5.41, 5.74) is 3.55. The van der Waals surface area contributed by atoms with Crippen molar-refractivity contribution in [1.82, 2.24) is 0 Å². The quantitative estimate of drug-likeness (QED) is 0.746. The maximum atomic E-state index is 13.3. The van der Waals surface area contributed by atoms with Crippen molar-refractivity contribution in [3.63, 3.8) is 0 Å². The van der Waals surface area contributed by atoms with Gasteiger partial charge in [0.2, 0.25) is 0 Å². The monoisotopic (exact) mass is 271 g/mol. The van der Waals surface area contributed by atoms with Crippen LogP contribution in [0.4, 0.5) is 20.2 Å². The summed E-state index contributed by atoms with van der Waals surface area (Å²) in [6.45, 7) is 1.56. The lowest BCUT2D eigenvalue weighted by Gasteiger charge is -2.32. The van der Waals surface area contributed by atoms with Gasteiger partial charge in [-0.15, -0.1) is 0 Å². The molecule has 0 amide bonds. The summed E-state index contributed by atoms with van der Waals surface area (Å²) >= 11 is 0. The summed E-state index contributed by atoms with van der Waals surface area (Å²) in [4.78, 5) is 1.73. The van der Waals surface area contributed by atoms with Gasteiger partial charge in [0.05, 0.1) is 6.04 Å². The minimum absolute atomic E-state index is 0.821. The summed E-state index contributed by atoms with van der Waals surface area (Å²) in [5.74, 6) is 0. The Morgan fingerprint density at radius 3 is 1.70 bits per heavy atom. The van der Waals surface area contributed by atoms with Crippen molar-refractivity contribution in [3.05, 3.63) is 59.7 Å². The van der Waals surface area contributed by atoms with Gasteiger partial charge in [-0.25, -0.2) is 8.78 Å². The standard InChI is InChI=1S/C17H15F2N/c1-12(17(18)19)20-15-8-4-2-6-13(15)10-11-14-7-3-5-9-16(14)20/h2-12,17H,1H3. The zero-order valence-corrected chi connectivity index (χ0v) is 11.1. The summed E-state index contributed by atoms with van der Waals surface area (Å²) in [6, 6.07) is 14.4. The minimum Gasteiger partial charge on any atom is -0.332 e. The van der Waals surface area contributed by atoms with Gasteiger partial charge in [-0.2, -0.15) is 0 Å². The van der Waals surface area contributed by atoms with E-state index in [9.17, 15) is 8.78 Å². The average Bonchev–Trinajstić information content (AvgIpc) is 2.63. The second kappa shape index (κ2) is 5.08. The van der Waals surface area contributed by atoms with Crippen LogP contribution in [0.25, 0.3) is 12.2 Å². The summed E-state index contributed by atoms with van der Waals surface area (Å²) in [6.07, 6.45) is 1.55. The van der Waals surface area contributed by atoms with Gasteiger partial charge in [-0.3, -0.25) is 0 Å². The second-order valence-electron chi connectivity index (χ2n) is 4.90. The minimum atomic E-state index is -2.41. The molecular weight excluding hydrogens is 256 g/mol. The highest BCUT2D eigenvalue weighted by Gasteiger charge is 2.28. The highest BCUT2D eigenvalue weighted by Crippen LogP contribution is 2.38. The van der Waals surface area contributed by atoms with Crippen LogP contribution < -0.4 is 4.90 Å². The summed E-state index contributed by atoms with van der Waals surface area (Å²) in [7, 11) is 0. The summed E-state index contributed by atoms with van der Waals surface area (Å²) < 4.78 is 26.5. The lowest BCUT2D eigenvalue weighted by atomic mass is 10.1. The van der Waals surface area contributed by atoms with E-state index in [4.69, 9.17) is 0 Å². The van der Waals surface area contributed by atoms with Crippen molar-refractivity contribution in [2.24, 2.45) is 0 Å². The van der Waals surface area contributed by atoms with E-state index >= 15 is 0 Å². The Morgan fingerprint density at radius 1 is 0.800 bits per heavy atom. The van der Waals surface area contributed by atoms with Crippen LogP contribution in [0.15, 0.2) is 48.5 Å². The molecule has 1 heterocycles. The number of rotatable bonds is 2. The Bertz CT molecular complexity index is 599. The molecule has 1 nitrogen and oxygen atoms in total. The van der Waals surface area contributed by atoms with Gasteiger partial charge in [0.25, 0.3) is 6.43 Å². The Hall–Kier alpha value is -2.16. The third-order valence-electron chi connectivity index (χ3n) is 3.61. The molecule has 0 saturated heterocycles. The van der Waals surface area contributed by atoms with E-state index < -0.39 is 12.5 Å². The molecule has 20 heavy (non-hydrogen) atoms. The van der Waals surface area contributed by atoms with E-state index in [0.29, 0.717) is 0 Å². The number of benzene rings is 2. The number of hydrogen-bond donors (Lipinski definition) is 0. The maximum absolute atomic E-state index is 13.3. The van der Waals surface area contributed by atoms with E-state index in [1.807, 2.05) is 60.7 Å². The van der Waals surface area contributed by atoms with Gasteiger partial charge in [-0.1, -0.05) is 48.6 Å². The molecule has 0 N–H and O–H groups in total. The maximum Gasteiger partial charge on any atom is 0.258 e. The Balaban J connectivity index is 2.23. The normalized spacial score (nSPS) is 14.7. The fraction of sp³-hybridized carbons (Fsp3) is 0.176. The average molecular weight is 271 g/mol. The molecule has 0 radical (unpaired) electrons. The first-order chi connectivity index (χ1) is 9.68. The van der Waals surface area contributed by atoms with Gasteiger partial charge < -0.3 is 4.90 Å². The number of anilines is 2. The molecule has 1 aliphatic heterocycles. The molecule has 3 rings (SSSR count). The molecule has 1 unspecified atom stereocenters. The van der Waals surface area contributed by atoms with Gasteiger partial charge >= 0.3 is 0 Å². The molecule has 3 heteroatoms. The fourth-order valence-electron chi connectivity index (χ4n) is 2.56. The SMILES string of the molecule is CC(C(F)F)N1c2ccccc2C=Cc2ccccc21. The van der Waals surface area contributed by atoms with Crippen molar-refractivity contribution in [2.75, 3.05) is 4.90 Å². The second-order valence-corrected chi connectivity index (χ2v) is 4.90. The van der Waals surface area contributed by atoms with Crippen LogP contribution in [-0.2, 0) is 0 Å². The molecule has 0 spiro atoms. The topological polar surface area (TPSA) is 3.24 Å². The van der Waals surface area contributed by atoms with Crippen LogP contribution in [0.1, 0.15) is 18.1 Å². The number of fused-ring (bicyclic) bond motifs is 2. The Morgan fingerprint density at radius 2 is 1.25 bits per heavy atom. The number of halogens is 2. The molecule has 0 fully saturated rings. The molecule has 2 aromatic rings. The third-order valence-corrected chi connectivity index (χ3v) is 3.61. The molecular formula is C17H15F2N. The van der Waals surface area contributed by atoms with Gasteiger partial charge in [-0.05, 0) is 30.2 Å². The van der Waals surface area contributed by atoms with Crippen LogP contribution in [0.3, 0.4) is 0 Å². The highest BCUT2D eigenvalue weighted by molar-refractivity contribution is 5.88. The molecule has 1 atom stereocenters. The van der Waals surface area contributed by atoms with Crippen molar-refractivity contribution in [3.8, 4) is 0 Å². The van der Waals surface area contributed by atoms with Crippen LogP contribution >= 0.6 is 0 Å². The summed E-state index contributed by atoms with van der Waals surface area (Å²) in [5, 5.41) is 0. The largest absolute Gasteiger partial charge is 0.332 e. The molecule has 1 aliphatic rings. The molecule has 102 valence electrons. The molecule has 0 aromatic heterocycles. The highest BCUT2D eigenvalue weighted by atomic mass is 19.3. The van der Waals surface area contributed by atoms with Crippen LogP contribution in [0.2, 0.25) is 0 Å². The first kappa shape index (κ1) is 12.9. The van der Waals surface area contributed by atoms with Crippen molar-refractivity contribution >= 4 is 23.5 Å². The molecule has 2 aromatic carbocycles. The van der Waals surface area contributed by atoms with E-state index in [2.05, 4.69) is 0 Å². The predicted octanol–water partition coefficient (Wildman–Crippen LogP) is 4.96. The fourth-order valence-corrected chi connectivity index (χ4v) is 2.56. The lowest BCUT2D eigenvalue weighted by molar-refractivity contribution is 0.123. The smallest absolute Gasteiger partial charge is 0.258 e. The van der Waals surface area contributed by atoms with Gasteiger partial charge in [0.1, 0.15) is 0 Å². The van der Waals surface area contributed by atoms with E-state index in [-0.39, 0.29) is 0 Å². The Kier molecular flexibility index (Phi) is 3.26. The zero-order chi connectivity index (χ0) is 14.1. The van der Waals surface area contributed by atoms with Crippen LogP contribution in [-0.4, -0.2) is 12.5 Å². The van der Waals surface area contributed by atoms with E-state index in [0.717, 1.165) is 22.5 Å². The number of para-hydroxylation sites is 2. The Labute approximate surface area is 117 Å². The van der Waals surface area contributed by atoms with Crippen LogP contribution in [0.5, 0.6) is 0 Å². The third kappa shape index (κ3) is 2.09. The number of nitrogens with zero attached hydrogens (tertiary/aromatic N) is 1.